The van der Waals surface area contributed by atoms with Crippen LogP contribution in [0, 0.1) is 6.92 Å². The van der Waals surface area contributed by atoms with Crippen LogP contribution < -0.4 is 10.6 Å². The number of amides is 1. The van der Waals surface area contributed by atoms with Gasteiger partial charge in [-0.1, -0.05) is 0 Å². The number of rotatable bonds is 5. The second-order valence-corrected chi connectivity index (χ2v) is 7.20. The molecule has 7 heteroatoms. The fourth-order valence-corrected chi connectivity index (χ4v) is 3.98. The Hall–Kier alpha value is -1.05. The standard InChI is InChI=1S/C14H20N2O3S2/c1-3-19-14(18)11-6-9(2)21-13(11)16-12(17)7-10-8-20-5-4-15-10/h6,10,15H,3-5,7-8H2,1-2H3,(H,16,17). The molecule has 0 spiro atoms. The van der Waals surface area contributed by atoms with Gasteiger partial charge in [0.1, 0.15) is 5.00 Å². The molecule has 1 aliphatic heterocycles. The summed E-state index contributed by atoms with van der Waals surface area (Å²) < 4.78 is 5.01. The Morgan fingerprint density at radius 3 is 3.00 bits per heavy atom. The molecular formula is C14H20N2O3S2. The number of thiophene rings is 1. The number of nitrogens with one attached hydrogen (secondary N) is 2. The summed E-state index contributed by atoms with van der Waals surface area (Å²) in [5.41, 5.74) is 0.443. The summed E-state index contributed by atoms with van der Waals surface area (Å²) in [6, 6.07) is 1.96. The number of esters is 1. The summed E-state index contributed by atoms with van der Waals surface area (Å²) in [6.07, 6.45) is 0.423. The summed E-state index contributed by atoms with van der Waals surface area (Å²) in [4.78, 5) is 25.0. The Kier molecular flexibility index (Phi) is 6.08. The van der Waals surface area contributed by atoms with Crippen molar-refractivity contribution in [2.75, 3.05) is 30.0 Å². The average molecular weight is 328 g/mol. The van der Waals surface area contributed by atoms with Crippen molar-refractivity contribution in [1.82, 2.24) is 5.32 Å². The van der Waals surface area contributed by atoms with Crippen molar-refractivity contribution >= 4 is 40.0 Å². The Balaban J connectivity index is 1.98. The molecule has 2 heterocycles. The molecule has 1 aromatic rings. The minimum Gasteiger partial charge on any atom is -0.462 e. The smallest absolute Gasteiger partial charge is 0.341 e. The van der Waals surface area contributed by atoms with Crippen LogP contribution in [0.25, 0.3) is 0 Å². The highest BCUT2D eigenvalue weighted by Gasteiger charge is 2.20. The molecule has 1 unspecified atom stereocenters. The third-order valence-corrected chi connectivity index (χ3v) is 5.13. The van der Waals surface area contributed by atoms with Gasteiger partial charge in [0.05, 0.1) is 12.2 Å². The van der Waals surface area contributed by atoms with E-state index in [-0.39, 0.29) is 17.9 Å². The molecule has 1 atom stereocenters. The molecular weight excluding hydrogens is 308 g/mol. The summed E-state index contributed by atoms with van der Waals surface area (Å²) >= 11 is 3.26. The first-order valence-corrected chi connectivity index (χ1v) is 8.95. The van der Waals surface area contributed by atoms with Gasteiger partial charge in [-0.2, -0.15) is 11.8 Å². The number of thioether (sulfide) groups is 1. The van der Waals surface area contributed by atoms with Crippen LogP contribution in [0.2, 0.25) is 0 Å². The van der Waals surface area contributed by atoms with Crippen LogP contribution in [0.5, 0.6) is 0 Å². The van der Waals surface area contributed by atoms with E-state index in [1.54, 1.807) is 13.0 Å². The van der Waals surface area contributed by atoms with Crippen molar-refractivity contribution < 1.29 is 14.3 Å². The average Bonchev–Trinajstić information content (AvgIpc) is 2.81. The maximum atomic E-state index is 12.1. The molecule has 1 saturated heterocycles. The molecule has 2 rings (SSSR count). The summed E-state index contributed by atoms with van der Waals surface area (Å²) in [6.45, 7) is 4.93. The highest BCUT2D eigenvalue weighted by molar-refractivity contribution is 7.99. The molecule has 1 amide bonds. The first-order chi connectivity index (χ1) is 10.1. The summed E-state index contributed by atoms with van der Waals surface area (Å²) in [5.74, 6) is 1.59. The lowest BCUT2D eigenvalue weighted by Crippen LogP contribution is -2.39. The molecule has 0 radical (unpaired) electrons. The first-order valence-electron chi connectivity index (χ1n) is 6.98. The van der Waals surface area contributed by atoms with Crippen molar-refractivity contribution in [3.05, 3.63) is 16.5 Å². The minimum absolute atomic E-state index is 0.0672. The van der Waals surface area contributed by atoms with Crippen molar-refractivity contribution in [2.24, 2.45) is 0 Å². The van der Waals surface area contributed by atoms with Gasteiger partial charge < -0.3 is 15.4 Å². The zero-order valence-corrected chi connectivity index (χ0v) is 13.9. The summed E-state index contributed by atoms with van der Waals surface area (Å²) in [7, 11) is 0. The topological polar surface area (TPSA) is 67.4 Å². The zero-order valence-electron chi connectivity index (χ0n) is 12.2. The lowest BCUT2D eigenvalue weighted by atomic mass is 10.2. The Labute approximate surface area is 132 Å². The van der Waals surface area contributed by atoms with Gasteiger partial charge in [0.15, 0.2) is 0 Å². The van der Waals surface area contributed by atoms with Gasteiger partial charge in [0, 0.05) is 35.4 Å². The number of hydrogen-bond acceptors (Lipinski definition) is 6. The van der Waals surface area contributed by atoms with Crippen molar-refractivity contribution in [1.29, 1.82) is 0 Å². The van der Waals surface area contributed by atoms with Gasteiger partial charge in [-0.3, -0.25) is 4.79 Å². The van der Waals surface area contributed by atoms with Crippen LogP contribution in [0.1, 0.15) is 28.6 Å². The molecule has 2 N–H and O–H groups in total. The van der Waals surface area contributed by atoms with Crippen LogP contribution >= 0.6 is 23.1 Å². The van der Waals surface area contributed by atoms with Crippen molar-refractivity contribution in [2.45, 2.75) is 26.3 Å². The number of aryl methyl sites for hydroxylation is 1. The van der Waals surface area contributed by atoms with E-state index in [0.29, 0.717) is 23.6 Å². The van der Waals surface area contributed by atoms with Gasteiger partial charge in [0.2, 0.25) is 5.91 Å². The second kappa shape index (κ2) is 7.82. The Bertz CT molecular complexity index is 510. The van der Waals surface area contributed by atoms with E-state index in [1.807, 2.05) is 18.7 Å². The van der Waals surface area contributed by atoms with Crippen LogP contribution in [0.15, 0.2) is 6.07 Å². The fraction of sp³-hybridized carbons (Fsp3) is 0.571. The predicted octanol–water partition coefficient (Wildman–Crippen LogP) is 2.27. The van der Waals surface area contributed by atoms with E-state index in [9.17, 15) is 9.59 Å². The summed E-state index contributed by atoms with van der Waals surface area (Å²) in [5, 5.41) is 6.76. The molecule has 21 heavy (non-hydrogen) atoms. The monoisotopic (exact) mass is 328 g/mol. The van der Waals surface area contributed by atoms with E-state index < -0.39 is 0 Å². The molecule has 1 aliphatic rings. The molecule has 0 saturated carbocycles. The molecule has 116 valence electrons. The largest absolute Gasteiger partial charge is 0.462 e. The number of carbonyl (C=O) groups excluding carboxylic acids is 2. The molecule has 0 aliphatic carbocycles. The van der Waals surface area contributed by atoms with Gasteiger partial charge in [-0.05, 0) is 19.9 Å². The number of anilines is 1. The van der Waals surface area contributed by atoms with E-state index in [0.717, 1.165) is 22.9 Å². The van der Waals surface area contributed by atoms with Crippen molar-refractivity contribution in [3.8, 4) is 0 Å². The maximum Gasteiger partial charge on any atom is 0.341 e. The molecule has 1 fully saturated rings. The molecule has 5 nitrogen and oxygen atoms in total. The van der Waals surface area contributed by atoms with Crippen molar-refractivity contribution in [3.63, 3.8) is 0 Å². The quantitative estimate of drug-likeness (QED) is 0.812. The maximum absolute atomic E-state index is 12.1. The van der Waals surface area contributed by atoms with E-state index in [2.05, 4.69) is 10.6 Å². The highest BCUT2D eigenvalue weighted by Crippen LogP contribution is 2.28. The lowest BCUT2D eigenvalue weighted by molar-refractivity contribution is -0.116. The fourth-order valence-electron chi connectivity index (χ4n) is 2.12. The number of carbonyl (C=O) groups is 2. The lowest BCUT2D eigenvalue weighted by Gasteiger charge is -2.22. The van der Waals surface area contributed by atoms with Crippen LogP contribution in [-0.2, 0) is 9.53 Å². The van der Waals surface area contributed by atoms with Crippen LogP contribution in [0.3, 0.4) is 0 Å². The van der Waals surface area contributed by atoms with Gasteiger partial charge >= 0.3 is 5.97 Å². The Morgan fingerprint density at radius 2 is 2.33 bits per heavy atom. The molecule has 0 aromatic carbocycles. The van der Waals surface area contributed by atoms with E-state index >= 15 is 0 Å². The third kappa shape index (κ3) is 4.72. The third-order valence-electron chi connectivity index (χ3n) is 3.03. The van der Waals surface area contributed by atoms with E-state index in [1.165, 1.54) is 11.3 Å². The van der Waals surface area contributed by atoms with Gasteiger partial charge in [-0.15, -0.1) is 11.3 Å². The molecule has 1 aromatic heterocycles. The second-order valence-electron chi connectivity index (χ2n) is 4.80. The SMILES string of the molecule is CCOC(=O)c1cc(C)sc1NC(=O)CC1CSCCN1. The molecule has 0 bridgehead atoms. The van der Waals surface area contributed by atoms with Gasteiger partial charge in [0.25, 0.3) is 0 Å². The van der Waals surface area contributed by atoms with Crippen LogP contribution in [0.4, 0.5) is 5.00 Å². The zero-order chi connectivity index (χ0) is 15.2. The highest BCUT2D eigenvalue weighted by atomic mass is 32.2. The normalized spacial score (nSPS) is 18.3. The minimum atomic E-state index is -0.386. The van der Waals surface area contributed by atoms with E-state index in [4.69, 9.17) is 4.74 Å². The van der Waals surface area contributed by atoms with Gasteiger partial charge in [-0.25, -0.2) is 4.79 Å². The van der Waals surface area contributed by atoms with Crippen LogP contribution in [-0.4, -0.2) is 42.6 Å². The Morgan fingerprint density at radius 1 is 1.52 bits per heavy atom. The first kappa shape index (κ1) is 16.3. The number of ether oxygens (including phenoxy) is 1. The predicted molar refractivity (Wildman–Crippen MR) is 87.4 cm³/mol. The number of hydrogen-bond donors (Lipinski definition) is 2.